The third kappa shape index (κ3) is 5.82. The number of nitrogens with one attached hydrogen (secondary N) is 2. The lowest BCUT2D eigenvalue weighted by Gasteiger charge is -2.22. The number of rotatable bonds is 6. The Morgan fingerprint density at radius 2 is 1.71 bits per heavy atom. The molecule has 2 aromatic rings. The molecule has 2 rings (SSSR count). The summed E-state index contributed by atoms with van der Waals surface area (Å²) in [6.07, 6.45) is -4.75. The van der Waals surface area contributed by atoms with Crippen molar-refractivity contribution in [3.63, 3.8) is 0 Å². The standard InChI is InChI=1S/C18H19BF3N3O5S/c1-17(28,9-31(29,30)11-5-3-10(4-6-11)15(26)23-2)16(27)25-13-8-7-12(19)14(24-13)18(20,21)22/h3-8,28H,9,19H2,1-2H3,(H,23,26)(H,24,25,27)/t17-/m0/s1. The van der Waals surface area contributed by atoms with Gasteiger partial charge in [0.05, 0.1) is 10.6 Å². The molecule has 1 aromatic heterocycles. The lowest BCUT2D eigenvalue weighted by Crippen LogP contribution is -2.46. The van der Waals surface area contributed by atoms with E-state index in [0.717, 1.165) is 31.2 Å². The van der Waals surface area contributed by atoms with Gasteiger partial charge in [0.2, 0.25) is 0 Å². The van der Waals surface area contributed by atoms with Gasteiger partial charge in [0.25, 0.3) is 11.8 Å². The van der Waals surface area contributed by atoms with Crippen LogP contribution in [-0.2, 0) is 20.8 Å². The number of hydrogen-bond acceptors (Lipinski definition) is 6. The van der Waals surface area contributed by atoms with Crippen LogP contribution in [0.4, 0.5) is 19.0 Å². The van der Waals surface area contributed by atoms with Crippen molar-refractivity contribution in [3.05, 3.63) is 47.7 Å². The van der Waals surface area contributed by atoms with E-state index in [1.165, 1.54) is 27.0 Å². The number of carbonyl (C=O) groups excluding carboxylic acids is 2. The first-order chi connectivity index (χ1) is 14.2. The number of aliphatic hydroxyl groups is 1. The number of halogens is 3. The molecule has 31 heavy (non-hydrogen) atoms. The van der Waals surface area contributed by atoms with Gasteiger partial charge in [0.15, 0.2) is 15.4 Å². The van der Waals surface area contributed by atoms with Gasteiger partial charge in [-0.05, 0) is 37.3 Å². The first kappa shape index (κ1) is 24.3. The molecule has 0 aliphatic heterocycles. The molecule has 1 aromatic carbocycles. The molecule has 0 spiro atoms. The van der Waals surface area contributed by atoms with Gasteiger partial charge in [-0.3, -0.25) is 9.59 Å². The lowest BCUT2D eigenvalue weighted by molar-refractivity contribution is -0.140. The van der Waals surface area contributed by atoms with Crippen LogP contribution in [-0.4, -0.2) is 56.6 Å². The third-order valence-electron chi connectivity index (χ3n) is 4.27. The fourth-order valence-corrected chi connectivity index (χ4v) is 4.20. The number of aromatic nitrogens is 1. The van der Waals surface area contributed by atoms with Crippen LogP contribution < -0.4 is 16.1 Å². The van der Waals surface area contributed by atoms with Crippen LogP contribution in [0.5, 0.6) is 0 Å². The van der Waals surface area contributed by atoms with E-state index in [9.17, 15) is 36.3 Å². The number of alkyl halides is 3. The van der Waals surface area contributed by atoms with Crippen LogP contribution in [0.2, 0.25) is 0 Å². The fourth-order valence-electron chi connectivity index (χ4n) is 2.61. The van der Waals surface area contributed by atoms with Crippen LogP contribution in [0.25, 0.3) is 0 Å². The zero-order chi connectivity index (χ0) is 23.6. The quantitative estimate of drug-likeness (QED) is 0.520. The smallest absolute Gasteiger partial charge is 0.379 e. The van der Waals surface area contributed by atoms with Crippen LogP contribution >= 0.6 is 0 Å². The van der Waals surface area contributed by atoms with E-state index < -0.39 is 50.7 Å². The van der Waals surface area contributed by atoms with Crippen LogP contribution in [0, 0.1) is 0 Å². The average molecular weight is 457 g/mol. The Morgan fingerprint density at radius 1 is 1.13 bits per heavy atom. The molecule has 2 amide bonds. The van der Waals surface area contributed by atoms with Crippen LogP contribution in [0.3, 0.4) is 0 Å². The second-order valence-electron chi connectivity index (χ2n) is 6.95. The molecule has 166 valence electrons. The first-order valence-corrected chi connectivity index (χ1v) is 10.5. The second-order valence-corrected chi connectivity index (χ2v) is 8.94. The summed E-state index contributed by atoms with van der Waals surface area (Å²) in [4.78, 5) is 27.0. The summed E-state index contributed by atoms with van der Waals surface area (Å²) in [7, 11) is -1.59. The van der Waals surface area contributed by atoms with Crippen molar-refractivity contribution in [3.8, 4) is 0 Å². The molecule has 0 saturated heterocycles. The molecule has 0 bridgehead atoms. The second kappa shape index (κ2) is 8.67. The summed E-state index contributed by atoms with van der Waals surface area (Å²) >= 11 is 0. The Labute approximate surface area is 177 Å². The maximum absolute atomic E-state index is 13.0. The minimum Gasteiger partial charge on any atom is -0.379 e. The van der Waals surface area contributed by atoms with Crippen molar-refractivity contribution in [2.45, 2.75) is 23.6 Å². The molecule has 0 fully saturated rings. The number of pyridine rings is 1. The summed E-state index contributed by atoms with van der Waals surface area (Å²) < 4.78 is 64.1. The Bertz CT molecular complexity index is 1100. The highest BCUT2D eigenvalue weighted by atomic mass is 32.2. The van der Waals surface area contributed by atoms with Crippen molar-refractivity contribution < 1.29 is 36.3 Å². The molecule has 3 N–H and O–H groups in total. The van der Waals surface area contributed by atoms with Crippen molar-refractivity contribution in [1.29, 1.82) is 0 Å². The number of benzene rings is 1. The number of sulfone groups is 1. The monoisotopic (exact) mass is 457 g/mol. The summed E-state index contributed by atoms with van der Waals surface area (Å²) in [5.74, 6) is -3.22. The highest BCUT2D eigenvalue weighted by molar-refractivity contribution is 7.91. The fraction of sp³-hybridized carbons (Fsp3) is 0.278. The van der Waals surface area contributed by atoms with E-state index in [0.29, 0.717) is 0 Å². The highest BCUT2D eigenvalue weighted by Crippen LogP contribution is 2.27. The largest absolute Gasteiger partial charge is 0.432 e. The van der Waals surface area contributed by atoms with Crippen molar-refractivity contribution >= 4 is 40.8 Å². The topological polar surface area (TPSA) is 125 Å². The average Bonchev–Trinajstić information content (AvgIpc) is 2.67. The zero-order valence-corrected chi connectivity index (χ0v) is 17.6. The van der Waals surface area contributed by atoms with E-state index in [1.54, 1.807) is 0 Å². The first-order valence-electron chi connectivity index (χ1n) is 8.81. The van der Waals surface area contributed by atoms with Crippen molar-refractivity contribution in [2.24, 2.45) is 0 Å². The molecule has 0 radical (unpaired) electrons. The molecular weight excluding hydrogens is 438 g/mol. The molecular formula is C18H19BF3N3O5S. The SMILES string of the molecule is Bc1ccc(NC(=O)[C@@](C)(O)CS(=O)(=O)c2ccc(C(=O)NC)cc2)nc1C(F)(F)F. The maximum atomic E-state index is 13.0. The van der Waals surface area contributed by atoms with Gasteiger partial charge in [0.1, 0.15) is 19.4 Å². The van der Waals surface area contributed by atoms with E-state index in [2.05, 4.69) is 10.3 Å². The molecule has 0 aliphatic rings. The normalized spacial score (nSPS) is 13.9. The van der Waals surface area contributed by atoms with E-state index in [1.807, 2.05) is 5.32 Å². The van der Waals surface area contributed by atoms with Gasteiger partial charge < -0.3 is 15.7 Å². The van der Waals surface area contributed by atoms with Crippen molar-refractivity contribution in [1.82, 2.24) is 10.3 Å². The van der Waals surface area contributed by atoms with E-state index >= 15 is 0 Å². The van der Waals surface area contributed by atoms with E-state index in [-0.39, 0.29) is 15.9 Å². The number of carbonyl (C=O) groups is 2. The van der Waals surface area contributed by atoms with Gasteiger partial charge in [-0.25, -0.2) is 13.4 Å². The molecule has 8 nitrogen and oxygen atoms in total. The highest BCUT2D eigenvalue weighted by Gasteiger charge is 2.38. The number of amides is 2. The Kier molecular flexibility index (Phi) is 6.81. The Hall–Kier alpha value is -2.93. The Morgan fingerprint density at radius 3 is 2.23 bits per heavy atom. The number of anilines is 1. The van der Waals surface area contributed by atoms with Gasteiger partial charge in [-0.15, -0.1) is 0 Å². The zero-order valence-electron chi connectivity index (χ0n) is 16.7. The van der Waals surface area contributed by atoms with Gasteiger partial charge in [0, 0.05) is 12.6 Å². The Balaban J connectivity index is 2.21. The summed E-state index contributed by atoms with van der Waals surface area (Å²) in [5.41, 5.74) is -3.66. The maximum Gasteiger partial charge on any atom is 0.432 e. The molecule has 0 aliphatic carbocycles. The van der Waals surface area contributed by atoms with Crippen molar-refractivity contribution in [2.75, 3.05) is 18.1 Å². The summed E-state index contributed by atoms with van der Waals surface area (Å²) in [5, 5.41) is 14.8. The third-order valence-corrected chi connectivity index (χ3v) is 6.20. The summed E-state index contributed by atoms with van der Waals surface area (Å²) in [6.45, 7) is 0.914. The lowest BCUT2D eigenvalue weighted by atomic mass is 9.94. The number of hydrogen-bond donors (Lipinski definition) is 3. The minimum absolute atomic E-state index is 0.167. The molecule has 13 heteroatoms. The summed E-state index contributed by atoms with van der Waals surface area (Å²) in [6, 6.07) is 7.00. The van der Waals surface area contributed by atoms with Gasteiger partial charge >= 0.3 is 6.18 Å². The minimum atomic E-state index is -4.75. The predicted octanol–water partition coefficient (Wildman–Crippen LogP) is -0.118. The van der Waals surface area contributed by atoms with Crippen LogP contribution in [0.1, 0.15) is 23.0 Å². The number of nitrogens with zero attached hydrogens (tertiary/aromatic N) is 1. The van der Waals surface area contributed by atoms with Gasteiger partial charge in [-0.1, -0.05) is 11.5 Å². The molecule has 0 unspecified atom stereocenters. The molecule has 1 atom stereocenters. The molecule has 0 saturated carbocycles. The van der Waals surface area contributed by atoms with Gasteiger partial charge in [-0.2, -0.15) is 13.2 Å². The molecule has 1 heterocycles. The van der Waals surface area contributed by atoms with E-state index in [4.69, 9.17) is 0 Å². The van der Waals surface area contributed by atoms with Crippen LogP contribution in [0.15, 0.2) is 41.3 Å². The predicted molar refractivity (Wildman–Crippen MR) is 109 cm³/mol.